The lowest BCUT2D eigenvalue weighted by Crippen LogP contribution is -2.49. The highest BCUT2D eigenvalue weighted by Crippen LogP contribution is 2.18. The molecule has 2 fully saturated rings. The molecule has 64 valence electrons. The summed E-state index contributed by atoms with van der Waals surface area (Å²) < 4.78 is 0. The van der Waals surface area contributed by atoms with Crippen LogP contribution in [-0.2, 0) is 0 Å². The minimum atomic E-state index is 0.586. The van der Waals surface area contributed by atoms with Gasteiger partial charge in [-0.15, -0.1) is 11.8 Å². The Balaban J connectivity index is 1.82. The van der Waals surface area contributed by atoms with Crippen molar-refractivity contribution < 1.29 is 0 Å². The Morgan fingerprint density at radius 1 is 1.36 bits per heavy atom. The number of nitrogens with one attached hydrogen (secondary N) is 2. The van der Waals surface area contributed by atoms with Crippen LogP contribution in [0, 0.1) is 0 Å². The molecule has 0 saturated carbocycles. The Labute approximate surface area is 71.9 Å². The van der Waals surface area contributed by atoms with Crippen LogP contribution in [0.2, 0.25) is 0 Å². The molecular formula is C7H15N3S. The van der Waals surface area contributed by atoms with Crippen LogP contribution in [0.3, 0.4) is 0 Å². The van der Waals surface area contributed by atoms with Gasteiger partial charge in [-0.25, -0.2) is 0 Å². The van der Waals surface area contributed by atoms with Crippen LogP contribution in [0.4, 0.5) is 0 Å². The van der Waals surface area contributed by atoms with E-state index in [-0.39, 0.29) is 0 Å². The van der Waals surface area contributed by atoms with Gasteiger partial charge in [0, 0.05) is 18.8 Å². The molecular weight excluding hydrogens is 158 g/mol. The first-order valence-corrected chi connectivity index (χ1v) is 5.31. The van der Waals surface area contributed by atoms with Crippen LogP contribution < -0.4 is 10.6 Å². The summed E-state index contributed by atoms with van der Waals surface area (Å²) in [6.07, 6.45) is 1.29. The van der Waals surface area contributed by atoms with Crippen molar-refractivity contribution in [1.29, 1.82) is 0 Å². The number of rotatable bonds is 1. The molecule has 2 heterocycles. The van der Waals surface area contributed by atoms with Crippen molar-refractivity contribution in [3.63, 3.8) is 0 Å². The van der Waals surface area contributed by atoms with E-state index in [2.05, 4.69) is 15.5 Å². The summed E-state index contributed by atoms with van der Waals surface area (Å²) >= 11 is 2.02. The molecule has 0 spiro atoms. The van der Waals surface area contributed by atoms with Crippen LogP contribution in [0.5, 0.6) is 0 Å². The standard InChI is InChI=1S/C7H15N3S/c1-2-8-6-10(4-1)7-9-3-5-11-7/h7-9H,1-6H2. The quantitative estimate of drug-likeness (QED) is 0.577. The van der Waals surface area contributed by atoms with Crippen molar-refractivity contribution in [2.45, 2.75) is 11.9 Å². The van der Waals surface area contributed by atoms with Crippen molar-refractivity contribution in [2.24, 2.45) is 0 Å². The molecule has 0 aromatic heterocycles. The molecule has 2 rings (SSSR count). The predicted molar refractivity (Wildman–Crippen MR) is 48.4 cm³/mol. The van der Waals surface area contributed by atoms with Gasteiger partial charge in [0.2, 0.25) is 0 Å². The van der Waals surface area contributed by atoms with Crippen molar-refractivity contribution in [2.75, 3.05) is 32.1 Å². The number of hydrogen-bond acceptors (Lipinski definition) is 4. The summed E-state index contributed by atoms with van der Waals surface area (Å²) in [5.41, 5.74) is 0.586. The molecule has 0 aliphatic carbocycles. The van der Waals surface area contributed by atoms with Crippen molar-refractivity contribution in [3.05, 3.63) is 0 Å². The highest BCUT2D eigenvalue weighted by molar-refractivity contribution is 8.00. The van der Waals surface area contributed by atoms with E-state index in [0.717, 1.165) is 6.67 Å². The Morgan fingerprint density at radius 2 is 2.36 bits per heavy atom. The number of hydrogen-bond donors (Lipinski definition) is 2. The molecule has 0 aromatic rings. The van der Waals surface area contributed by atoms with Crippen LogP contribution >= 0.6 is 11.8 Å². The van der Waals surface area contributed by atoms with Gasteiger partial charge in [-0.3, -0.25) is 10.2 Å². The summed E-state index contributed by atoms with van der Waals surface area (Å²) in [5, 5.41) is 6.86. The monoisotopic (exact) mass is 173 g/mol. The molecule has 3 nitrogen and oxygen atoms in total. The molecule has 4 heteroatoms. The first-order valence-electron chi connectivity index (χ1n) is 4.26. The highest BCUT2D eigenvalue weighted by Gasteiger charge is 2.23. The molecule has 1 atom stereocenters. The van der Waals surface area contributed by atoms with Crippen LogP contribution in [-0.4, -0.2) is 42.5 Å². The van der Waals surface area contributed by atoms with E-state index in [1.807, 2.05) is 11.8 Å². The van der Waals surface area contributed by atoms with Gasteiger partial charge in [0.25, 0.3) is 0 Å². The zero-order valence-electron chi connectivity index (χ0n) is 6.68. The molecule has 11 heavy (non-hydrogen) atoms. The lowest BCUT2D eigenvalue weighted by atomic mass is 10.3. The smallest absolute Gasteiger partial charge is 0.109 e. The maximum Gasteiger partial charge on any atom is 0.109 e. The molecule has 1 unspecified atom stereocenters. The van der Waals surface area contributed by atoms with Crippen molar-refractivity contribution in [3.8, 4) is 0 Å². The van der Waals surface area contributed by atoms with Gasteiger partial charge in [-0.05, 0) is 13.0 Å². The van der Waals surface area contributed by atoms with E-state index in [0.29, 0.717) is 5.50 Å². The Kier molecular flexibility index (Phi) is 2.68. The summed E-state index contributed by atoms with van der Waals surface area (Å²) in [6, 6.07) is 0. The van der Waals surface area contributed by atoms with E-state index in [9.17, 15) is 0 Å². The van der Waals surface area contributed by atoms with Gasteiger partial charge in [0.1, 0.15) is 5.50 Å². The van der Waals surface area contributed by atoms with Crippen LogP contribution in [0.15, 0.2) is 0 Å². The average Bonchev–Trinajstić information content (AvgIpc) is 2.58. The van der Waals surface area contributed by atoms with Crippen molar-refractivity contribution in [1.82, 2.24) is 15.5 Å². The third-order valence-electron chi connectivity index (χ3n) is 2.14. The van der Waals surface area contributed by atoms with Gasteiger partial charge in [0.15, 0.2) is 0 Å². The number of nitrogens with zero attached hydrogens (tertiary/aromatic N) is 1. The Bertz CT molecular complexity index is 119. The largest absolute Gasteiger partial charge is 0.304 e. The van der Waals surface area contributed by atoms with E-state index >= 15 is 0 Å². The molecule has 2 N–H and O–H groups in total. The van der Waals surface area contributed by atoms with Gasteiger partial charge >= 0.3 is 0 Å². The second kappa shape index (κ2) is 3.76. The van der Waals surface area contributed by atoms with E-state index < -0.39 is 0 Å². The fourth-order valence-electron chi connectivity index (χ4n) is 1.56. The summed E-state index contributed by atoms with van der Waals surface area (Å²) in [5.74, 6) is 1.27. The minimum Gasteiger partial charge on any atom is -0.304 e. The lowest BCUT2D eigenvalue weighted by molar-refractivity contribution is 0.186. The van der Waals surface area contributed by atoms with Crippen molar-refractivity contribution >= 4 is 11.8 Å². The second-order valence-electron chi connectivity index (χ2n) is 3.00. The molecule has 0 bridgehead atoms. The maximum absolute atomic E-state index is 3.48. The zero-order chi connectivity index (χ0) is 7.52. The molecule has 0 radical (unpaired) electrons. The van der Waals surface area contributed by atoms with Gasteiger partial charge < -0.3 is 5.32 Å². The third-order valence-corrected chi connectivity index (χ3v) is 3.36. The first kappa shape index (κ1) is 7.86. The number of thioether (sulfide) groups is 1. The topological polar surface area (TPSA) is 27.3 Å². The molecule has 2 aliphatic heterocycles. The average molecular weight is 173 g/mol. The zero-order valence-corrected chi connectivity index (χ0v) is 7.49. The molecule has 2 aliphatic rings. The van der Waals surface area contributed by atoms with Gasteiger partial charge in [-0.1, -0.05) is 0 Å². The Hall–Kier alpha value is 0.230. The Morgan fingerprint density at radius 3 is 3.00 bits per heavy atom. The molecule has 0 amide bonds. The summed E-state index contributed by atoms with van der Waals surface area (Å²) in [4.78, 5) is 2.47. The summed E-state index contributed by atoms with van der Waals surface area (Å²) in [7, 11) is 0. The lowest BCUT2D eigenvalue weighted by Gasteiger charge is -2.31. The van der Waals surface area contributed by atoms with E-state index in [1.54, 1.807) is 0 Å². The van der Waals surface area contributed by atoms with Crippen LogP contribution in [0.25, 0.3) is 0 Å². The second-order valence-corrected chi connectivity index (χ2v) is 4.19. The SMILES string of the molecule is C1CNCN(C2NCCS2)C1. The minimum absolute atomic E-state index is 0.586. The fraction of sp³-hybridized carbons (Fsp3) is 1.00. The highest BCUT2D eigenvalue weighted by atomic mass is 32.2. The van der Waals surface area contributed by atoms with E-state index in [4.69, 9.17) is 0 Å². The maximum atomic E-state index is 3.48. The molecule has 0 aromatic carbocycles. The van der Waals surface area contributed by atoms with E-state index in [1.165, 1.54) is 31.8 Å². The van der Waals surface area contributed by atoms with Crippen LogP contribution in [0.1, 0.15) is 6.42 Å². The van der Waals surface area contributed by atoms with Gasteiger partial charge in [-0.2, -0.15) is 0 Å². The summed E-state index contributed by atoms with van der Waals surface area (Å²) in [6.45, 7) is 4.67. The normalized spacial score (nSPS) is 34.4. The predicted octanol–water partition coefficient (Wildman–Crippen LogP) is -0.141. The fourth-order valence-corrected chi connectivity index (χ4v) is 2.64. The molecule has 2 saturated heterocycles. The first-order chi connectivity index (χ1) is 5.47. The van der Waals surface area contributed by atoms with Gasteiger partial charge in [0.05, 0.1) is 6.67 Å². The third kappa shape index (κ3) is 1.87.